The number of hydrogen-bond donors (Lipinski definition) is 1. The van der Waals surface area contributed by atoms with Crippen LogP contribution in [-0.2, 0) is 22.6 Å². The highest BCUT2D eigenvalue weighted by molar-refractivity contribution is 7.80. The molecule has 35 heavy (non-hydrogen) atoms. The molecule has 2 heterocycles. The Labute approximate surface area is 215 Å². The molecule has 0 atom stereocenters. The van der Waals surface area contributed by atoms with Gasteiger partial charge in [-0.3, -0.25) is 19.8 Å². The van der Waals surface area contributed by atoms with Crippen LogP contribution in [0.4, 0.5) is 11.4 Å². The molecule has 1 fully saturated rings. The van der Waals surface area contributed by atoms with Gasteiger partial charge in [-0.25, -0.2) is 0 Å². The maximum absolute atomic E-state index is 13.4. The van der Waals surface area contributed by atoms with Crippen LogP contribution in [0.25, 0.3) is 6.08 Å². The summed E-state index contributed by atoms with van der Waals surface area (Å²) in [6.07, 6.45) is 2.53. The van der Waals surface area contributed by atoms with Crippen LogP contribution in [0.2, 0.25) is 5.02 Å². The molecule has 3 aromatic rings. The molecule has 2 aliphatic rings. The van der Waals surface area contributed by atoms with Gasteiger partial charge in [-0.2, -0.15) is 0 Å². The van der Waals surface area contributed by atoms with Crippen molar-refractivity contribution in [1.29, 1.82) is 0 Å². The van der Waals surface area contributed by atoms with Crippen molar-refractivity contribution in [2.45, 2.75) is 26.8 Å². The minimum absolute atomic E-state index is 0.0581. The van der Waals surface area contributed by atoms with Crippen molar-refractivity contribution >= 4 is 58.2 Å². The number of rotatable bonds is 4. The normalized spacial score (nSPS) is 16.7. The summed E-state index contributed by atoms with van der Waals surface area (Å²) in [5.74, 6) is -0.913. The highest BCUT2D eigenvalue weighted by atomic mass is 35.5. The van der Waals surface area contributed by atoms with Crippen molar-refractivity contribution in [3.05, 3.63) is 99.1 Å². The number of nitrogens with one attached hydrogen (secondary N) is 1. The summed E-state index contributed by atoms with van der Waals surface area (Å²) >= 11 is 11.7. The lowest BCUT2D eigenvalue weighted by Crippen LogP contribution is -2.54. The third-order valence-electron chi connectivity index (χ3n) is 6.58. The predicted molar refractivity (Wildman–Crippen MR) is 145 cm³/mol. The second-order valence-corrected chi connectivity index (χ2v) is 9.67. The summed E-state index contributed by atoms with van der Waals surface area (Å²) in [5, 5.41) is 3.51. The van der Waals surface area contributed by atoms with Gasteiger partial charge in [0.05, 0.1) is 5.69 Å². The number of nitrogens with zero attached hydrogens (tertiary/aromatic N) is 2. The van der Waals surface area contributed by atoms with Gasteiger partial charge in [0.1, 0.15) is 5.57 Å². The average molecular weight is 502 g/mol. The van der Waals surface area contributed by atoms with Crippen molar-refractivity contribution in [3.63, 3.8) is 0 Å². The number of hydrogen-bond acceptors (Lipinski definition) is 4. The summed E-state index contributed by atoms with van der Waals surface area (Å²) in [6.45, 7) is 5.60. The van der Waals surface area contributed by atoms with Gasteiger partial charge in [-0.1, -0.05) is 41.9 Å². The van der Waals surface area contributed by atoms with E-state index in [2.05, 4.69) is 10.2 Å². The number of amides is 2. The van der Waals surface area contributed by atoms with E-state index < -0.39 is 11.8 Å². The van der Waals surface area contributed by atoms with Crippen molar-refractivity contribution < 1.29 is 9.59 Å². The summed E-state index contributed by atoms with van der Waals surface area (Å²) in [5.41, 5.74) is 7.06. The molecule has 0 unspecified atom stereocenters. The molecule has 0 bridgehead atoms. The summed E-state index contributed by atoms with van der Waals surface area (Å²) in [7, 11) is 0. The lowest BCUT2D eigenvalue weighted by Gasteiger charge is -2.29. The van der Waals surface area contributed by atoms with E-state index >= 15 is 0 Å². The molecular weight excluding hydrogens is 478 g/mol. The molecule has 3 aromatic carbocycles. The Morgan fingerprint density at radius 2 is 1.83 bits per heavy atom. The Hall–Kier alpha value is -3.48. The minimum atomic E-state index is -0.485. The molecule has 0 spiro atoms. The van der Waals surface area contributed by atoms with Gasteiger partial charge in [-0.05, 0) is 96.7 Å². The predicted octanol–water partition coefficient (Wildman–Crippen LogP) is 5.35. The number of thiocarbonyl (C=S) groups is 1. The van der Waals surface area contributed by atoms with Crippen LogP contribution in [0.3, 0.4) is 0 Å². The zero-order valence-electron chi connectivity index (χ0n) is 19.5. The molecule has 0 aliphatic carbocycles. The highest BCUT2D eigenvalue weighted by Gasteiger charge is 2.34. The van der Waals surface area contributed by atoms with Crippen molar-refractivity contribution in [2.24, 2.45) is 0 Å². The fraction of sp³-hybridized carbons (Fsp3) is 0.179. The first kappa shape index (κ1) is 23.3. The first-order valence-corrected chi connectivity index (χ1v) is 12.2. The van der Waals surface area contributed by atoms with E-state index in [1.165, 1.54) is 10.5 Å². The summed E-state index contributed by atoms with van der Waals surface area (Å²) in [6, 6.07) is 19.6. The van der Waals surface area contributed by atoms with Gasteiger partial charge < -0.3 is 4.90 Å². The molecule has 0 aromatic heterocycles. The van der Waals surface area contributed by atoms with Gasteiger partial charge in [0, 0.05) is 23.8 Å². The molecule has 0 saturated carbocycles. The Kier molecular flexibility index (Phi) is 6.17. The molecule has 176 valence electrons. The second kappa shape index (κ2) is 9.29. The number of carbonyl (C=O) groups is 2. The Balaban J connectivity index is 1.42. The Bertz CT molecular complexity index is 1420. The molecule has 5 rings (SSSR count). The van der Waals surface area contributed by atoms with Gasteiger partial charge in [0.15, 0.2) is 5.11 Å². The molecule has 5 nitrogen and oxygen atoms in total. The Morgan fingerprint density at radius 3 is 2.60 bits per heavy atom. The van der Waals surface area contributed by atoms with E-state index in [0.717, 1.165) is 52.5 Å². The van der Waals surface area contributed by atoms with Crippen LogP contribution in [0.15, 0.2) is 66.2 Å². The SMILES string of the molecule is Cc1ccc(N2C(=O)C(=Cc3ccc4c(c3)CCN4Cc3ccccc3Cl)C(=O)NC2=S)cc1C. The largest absolute Gasteiger partial charge is 0.367 e. The van der Waals surface area contributed by atoms with Crippen molar-refractivity contribution in [1.82, 2.24) is 5.32 Å². The molecule has 0 radical (unpaired) electrons. The number of aryl methyl sites for hydroxylation is 2. The molecule has 1 N–H and O–H groups in total. The van der Waals surface area contributed by atoms with E-state index in [0.29, 0.717) is 5.69 Å². The summed E-state index contributed by atoms with van der Waals surface area (Å²) in [4.78, 5) is 29.7. The van der Waals surface area contributed by atoms with Crippen LogP contribution in [-0.4, -0.2) is 23.5 Å². The third-order valence-corrected chi connectivity index (χ3v) is 7.23. The number of carbonyl (C=O) groups excluding carboxylic acids is 2. The summed E-state index contributed by atoms with van der Waals surface area (Å²) < 4.78 is 0. The number of benzene rings is 3. The van der Waals surface area contributed by atoms with Crippen LogP contribution in [0.1, 0.15) is 27.8 Å². The van der Waals surface area contributed by atoms with Crippen LogP contribution in [0.5, 0.6) is 0 Å². The smallest absolute Gasteiger partial charge is 0.270 e. The lowest BCUT2D eigenvalue weighted by atomic mass is 10.0. The van der Waals surface area contributed by atoms with Crippen molar-refractivity contribution in [3.8, 4) is 0 Å². The van der Waals surface area contributed by atoms with Gasteiger partial charge in [0.25, 0.3) is 11.8 Å². The van der Waals surface area contributed by atoms with Gasteiger partial charge in [-0.15, -0.1) is 0 Å². The second-order valence-electron chi connectivity index (χ2n) is 8.88. The molecular formula is C28H24ClN3O2S. The van der Waals surface area contributed by atoms with Crippen LogP contribution >= 0.6 is 23.8 Å². The van der Waals surface area contributed by atoms with Gasteiger partial charge >= 0.3 is 0 Å². The first-order valence-electron chi connectivity index (χ1n) is 11.4. The van der Waals surface area contributed by atoms with Crippen LogP contribution < -0.4 is 15.1 Å². The minimum Gasteiger partial charge on any atom is -0.367 e. The average Bonchev–Trinajstić information content (AvgIpc) is 3.22. The molecule has 1 saturated heterocycles. The van der Waals surface area contributed by atoms with Gasteiger partial charge in [0.2, 0.25) is 0 Å². The molecule has 2 amide bonds. The third kappa shape index (κ3) is 4.47. The number of anilines is 2. The van der Waals surface area contributed by atoms with Crippen molar-refractivity contribution in [2.75, 3.05) is 16.3 Å². The fourth-order valence-corrected chi connectivity index (χ4v) is 4.98. The van der Waals surface area contributed by atoms with E-state index in [1.807, 2.05) is 74.5 Å². The topological polar surface area (TPSA) is 52.7 Å². The monoisotopic (exact) mass is 501 g/mol. The quantitative estimate of drug-likeness (QED) is 0.297. The molecule has 2 aliphatic heterocycles. The Morgan fingerprint density at radius 1 is 1.03 bits per heavy atom. The number of halogens is 1. The van der Waals surface area contributed by atoms with Crippen LogP contribution in [0, 0.1) is 13.8 Å². The number of fused-ring (bicyclic) bond motifs is 1. The van der Waals surface area contributed by atoms with E-state index in [4.69, 9.17) is 23.8 Å². The standard InChI is InChI=1S/C28H24ClN3O2S/c1-17-7-9-22(13-18(17)2)32-27(34)23(26(33)30-28(32)35)15-19-8-10-25-20(14-19)11-12-31(25)16-21-5-3-4-6-24(21)29/h3-10,13-15H,11-12,16H2,1-2H3,(H,30,33,35). The zero-order chi connectivity index (χ0) is 24.7. The van der Waals surface area contributed by atoms with E-state index in [9.17, 15) is 9.59 Å². The van der Waals surface area contributed by atoms with E-state index in [-0.39, 0.29) is 10.7 Å². The molecule has 7 heteroatoms. The van der Waals surface area contributed by atoms with E-state index in [1.54, 1.807) is 6.08 Å². The zero-order valence-corrected chi connectivity index (χ0v) is 21.0. The first-order chi connectivity index (χ1) is 16.8. The maximum atomic E-state index is 13.4. The highest BCUT2D eigenvalue weighted by Crippen LogP contribution is 2.32. The lowest BCUT2D eigenvalue weighted by molar-refractivity contribution is -0.122. The fourth-order valence-electron chi connectivity index (χ4n) is 4.50. The maximum Gasteiger partial charge on any atom is 0.270 e.